The highest BCUT2D eigenvalue weighted by molar-refractivity contribution is 14.0. The van der Waals surface area contributed by atoms with Gasteiger partial charge in [-0.3, -0.25) is 9.39 Å². The maximum atomic E-state index is 6.09. The Hall–Kier alpha value is -1.65. The van der Waals surface area contributed by atoms with Crippen molar-refractivity contribution in [3.63, 3.8) is 0 Å². The average Bonchev–Trinajstić information content (AvgIpc) is 3.10. The van der Waals surface area contributed by atoms with Gasteiger partial charge < -0.3 is 15.5 Å². The van der Waals surface area contributed by atoms with E-state index in [1.54, 1.807) is 12.5 Å². The molecular formula is C16H27IN8. The van der Waals surface area contributed by atoms with Crippen LogP contribution < -0.4 is 10.6 Å². The minimum absolute atomic E-state index is 0. The van der Waals surface area contributed by atoms with Crippen LogP contribution in [0.25, 0.3) is 5.65 Å². The Morgan fingerprint density at radius 2 is 2.20 bits per heavy atom. The van der Waals surface area contributed by atoms with E-state index in [0.29, 0.717) is 11.9 Å². The van der Waals surface area contributed by atoms with Crippen molar-refractivity contribution in [2.45, 2.75) is 26.7 Å². The first-order valence-electron chi connectivity index (χ1n) is 8.67. The van der Waals surface area contributed by atoms with E-state index >= 15 is 0 Å². The van der Waals surface area contributed by atoms with Gasteiger partial charge in [-0.25, -0.2) is 4.98 Å². The van der Waals surface area contributed by atoms with E-state index in [-0.39, 0.29) is 24.0 Å². The molecule has 1 fully saturated rings. The third-order valence-electron chi connectivity index (χ3n) is 4.61. The van der Waals surface area contributed by atoms with Gasteiger partial charge in [0.05, 0.1) is 0 Å². The fourth-order valence-corrected chi connectivity index (χ4v) is 3.25. The lowest BCUT2D eigenvalue weighted by Gasteiger charge is -2.33. The van der Waals surface area contributed by atoms with Gasteiger partial charge in [-0.05, 0) is 32.6 Å². The summed E-state index contributed by atoms with van der Waals surface area (Å²) >= 11 is 0. The number of aliphatic imine (C=N–C) groups is 1. The SMILES string of the molecule is CCN(CC)C(N)=NCC1CCCN(c2nccn3cnnc23)C1.I. The van der Waals surface area contributed by atoms with Gasteiger partial charge in [-0.2, -0.15) is 0 Å². The summed E-state index contributed by atoms with van der Waals surface area (Å²) in [6.07, 6.45) is 7.67. The molecule has 1 atom stereocenters. The number of fused-ring (bicyclic) bond motifs is 1. The van der Waals surface area contributed by atoms with Gasteiger partial charge in [-0.15, -0.1) is 34.2 Å². The van der Waals surface area contributed by atoms with Crippen molar-refractivity contribution in [1.29, 1.82) is 0 Å². The lowest BCUT2D eigenvalue weighted by molar-refractivity contribution is 0.414. The molecule has 0 spiro atoms. The van der Waals surface area contributed by atoms with Crippen LogP contribution in [-0.4, -0.2) is 63.2 Å². The highest BCUT2D eigenvalue weighted by Crippen LogP contribution is 2.24. The smallest absolute Gasteiger partial charge is 0.203 e. The minimum atomic E-state index is 0. The van der Waals surface area contributed by atoms with E-state index in [2.05, 4.69) is 43.8 Å². The monoisotopic (exact) mass is 458 g/mol. The highest BCUT2D eigenvalue weighted by atomic mass is 127. The number of nitrogens with zero attached hydrogens (tertiary/aromatic N) is 7. The fourth-order valence-electron chi connectivity index (χ4n) is 3.25. The number of nitrogens with two attached hydrogens (primary N) is 1. The first kappa shape index (κ1) is 19.7. The van der Waals surface area contributed by atoms with Crippen molar-refractivity contribution in [2.75, 3.05) is 37.6 Å². The second-order valence-electron chi connectivity index (χ2n) is 6.14. The molecule has 1 aliphatic heterocycles. The Kier molecular flexibility index (Phi) is 7.21. The number of anilines is 1. The second kappa shape index (κ2) is 9.16. The van der Waals surface area contributed by atoms with Crippen LogP contribution in [0.15, 0.2) is 23.7 Å². The summed E-state index contributed by atoms with van der Waals surface area (Å²) < 4.78 is 1.91. The minimum Gasteiger partial charge on any atom is -0.370 e. The van der Waals surface area contributed by atoms with Gasteiger partial charge in [0.15, 0.2) is 11.8 Å². The molecule has 0 saturated carbocycles. The zero-order valence-corrected chi connectivity index (χ0v) is 17.2. The standard InChI is InChI=1S/C16H26N8.HI/c1-3-22(4-2)16(17)19-10-13-6-5-8-23(11-13)14-15-21-20-12-24(15)9-7-18-14;/h7,9,12-13H,3-6,8,10-11H2,1-2H3,(H2,17,19);1H. The number of guanidine groups is 1. The van der Waals surface area contributed by atoms with Crippen molar-refractivity contribution in [3.8, 4) is 0 Å². The number of rotatable bonds is 5. The third kappa shape index (κ3) is 4.50. The van der Waals surface area contributed by atoms with Crippen LogP contribution in [0.1, 0.15) is 26.7 Å². The Balaban J connectivity index is 0.00000225. The first-order valence-corrected chi connectivity index (χ1v) is 8.67. The van der Waals surface area contributed by atoms with E-state index in [9.17, 15) is 0 Å². The van der Waals surface area contributed by atoms with Crippen molar-refractivity contribution in [2.24, 2.45) is 16.6 Å². The summed E-state index contributed by atoms with van der Waals surface area (Å²) in [6.45, 7) is 8.65. The number of aromatic nitrogens is 4. The van der Waals surface area contributed by atoms with Crippen molar-refractivity contribution in [3.05, 3.63) is 18.7 Å². The van der Waals surface area contributed by atoms with Gasteiger partial charge in [-0.1, -0.05) is 0 Å². The first-order chi connectivity index (χ1) is 11.7. The maximum Gasteiger partial charge on any atom is 0.203 e. The molecule has 3 heterocycles. The predicted molar refractivity (Wildman–Crippen MR) is 111 cm³/mol. The van der Waals surface area contributed by atoms with Crippen LogP contribution in [0, 0.1) is 5.92 Å². The quantitative estimate of drug-likeness (QED) is 0.416. The van der Waals surface area contributed by atoms with Gasteiger partial charge in [0, 0.05) is 45.1 Å². The second-order valence-corrected chi connectivity index (χ2v) is 6.14. The fraction of sp³-hybridized carbons (Fsp3) is 0.625. The summed E-state index contributed by atoms with van der Waals surface area (Å²) in [4.78, 5) is 13.5. The molecule has 138 valence electrons. The summed E-state index contributed by atoms with van der Waals surface area (Å²) in [7, 11) is 0. The Morgan fingerprint density at radius 1 is 1.40 bits per heavy atom. The van der Waals surface area contributed by atoms with Crippen LogP contribution in [0.3, 0.4) is 0 Å². The zero-order chi connectivity index (χ0) is 16.9. The molecule has 0 bridgehead atoms. The summed E-state index contributed by atoms with van der Waals surface area (Å²) in [6, 6.07) is 0. The average molecular weight is 458 g/mol. The number of hydrogen-bond donors (Lipinski definition) is 1. The van der Waals surface area contributed by atoms with Gasteiger partial charge in [0.1, 0.15) is 6.33 Å². The lowest BCUT2D eigenvalue weighted by atomic mass is 9.98. The molecule has 1 saturated heterocycles. The van der Waals surface area contributed by atoms with Crippen molar-refractivity contribution >= 4 is 41.4 Å². The zero-order valence-electron chi connectivity index (χ0n) is 14.9. The molecule has 2 N–H and O–H groups in total. The van der Waals surface area contributed by atoms with Crippen LogP contribution in [0.2, 0.25) is 0 Å². The lowest BCUT2D eigenvalue weighted by Crippen LogP contribution is -2.40. The van der Waals surface area contributed by atoms with Crippen LogP contribution in [0.5, 0.6) is 0 Å². The molecular weight excluding hydrogens is 431 g/mol. The molecule has 0 aromatic carbocycles. The van der Waals surface area contributed by atoms with E-state index in [4.69, 9.17) is 5.73 Å². The molecule has 0 amide bonds. The third-order valence-corrected chi connectivity index (χ3v) is 4.61. The number of halogens is 1. The largest absolute Gasteiger partial charge is 0.370 e. The summed E-state index contributed by atoms with van der Waals surface area (Å²) in [5.74, 6) is 2.04. The molecule has 9 heteroatoms. The molecule has 25 heavy (non-hydrogen) atoms. The van der Waals surface area contributed by atoms with E-state index in [1.807, 2.05) is 10.6 Å². The normalized spacial score (nSPS) is 18.2. The summed E-state index contributed by atoms with van der Waals surface area (Å²) in [5.41, 5.74) is 6.90. The molecule has 2 aromatic rings. The van der Waals surface area contributed by atoms with Crippen molar-refractivity contribution in [1.82, 2.24) is 24.5 Å². The molecule has 1 aliphatic rings. The summed E-state index contributed by atoms with van der Waals surface area (Å²) in [5, 5.41) is 8.17. The molecule has 0 aliphatic carbocycles. The van der Waals surface area contributed by atoms with Crippen LogP contribution in [-0.2, 0) is 0 Å². The van der Waals surface area contributed by atoms with Crippen molar-refractivity contribution < 1.29 is 0 Å². The van der Waals surface area contributed by atoms with Gasteiger partial charge >= 0.3 is 0 Å². The Bertz CT molecular complexity index is 696. The van der Waals surface area contributed by atoms with Crippen LogP contribution >= 0.6 is 24.0 Å². The van der Waals surface area contributed by atoms with Crippen LogP contribution in [0.4, 0.5) is 5.82 Å². The Labute approximate surface area is 165 Å². The topological polar surface area (TPSA) is 87.9 Å². The molecule has 1 unspecified atom stereocenters. The highest BCUT2D eigenvalue weighted by Gasteiger charge is 2.23. The van der Waals surface area contributed by atoms with E-state index in [0.717, 1.165) is 50.6 Å². The predicted octanol–water partition coefficient (Wildman–Crippen LogP) is 1.62. The Morgan fingerprint density at radius 3 is 2.96 bits per heavy atom. The molecule has 3 rings (SSSR count). The molecule has 0 radical (unpaired) electrons. The van der Waals surface area contributed by atoms with Gasteiger partial charge in [0.25, 0.3) is 0 Å². The molecule has 2 aromatic heterocycles. The van der Waals surface area contributed by atoms with E-state index < -0.39 is 0 Å². The van der Waals surface area contributed by atoms with E-state index in [1.165, 1.54) is 6.42 Å². The number of piperidine rings is 1. The molecule has 8 nitrogen and oxygen atoms in total. The number of hydrogen-bond acceptors (Lipinski definition) is 5. The van der Waals surface area contributed by atoms with Gasteiger partial charge in [0.2, 0.25) is 5.65 Å². The maximum absolute atomic E-state index is 6.09.